The zero-order valence-corrected chi connectivity index (χ0v) is 15.5. The topological polar surface area (TPSA) is 18.5 Å². The zero-order chi connectivity index (χ0) is 15.4. The first-order valence-corrected chi connectivity index (χ1v) is 8.57. The van der Waals surface area contributed by atoms with Crippen molar-refractivity contribution < 1.29 is 9.47 Å². The first-order chi connectivity index (χ1) is 10.0. The molecule has 112 valence electrons. The smallest absolute Gasteiger partial charge is 0.175 e. The Balaban J connectivity index is 2.23. The summed E-state index contributed by atoms with van der Waals surface area (Å²) in [5.74, 6) is 1.48. The molecule has 0 saturated carbocycles. The van der Waals surface area contributed by atoms with Gasteiger partial charge in [-0.1, -0.05) is 45.3 Å². The van der Waals surface area contributed by atoms with Gasteiger partial charge in [-0.05, 0) is 53.0 Å². The highest BCUT2D eigenvalue weighted by Gasteiger charge is 2.11. The number of rotatable bonds is 5. The summed E-state index contributed by atoms with van der Waals surface area (Å²) in [6.45, 7) is 4.71. The molecule has 0 atom stereocenters. The molecular formula is C17H18Br2O2. The quantitative estimate of drug-likeness (QED) is 0.598. The van der Waals surface area contributed by atoms with Gasteiger partial charge in [0.15, 0.2) is 11.5 Å². The van der Waals surface area contributed by atoms with Crippen LogP contribution in [0, 0.1) is 13.8 Å². The Morgan fingerprint density at radius 3 is 2.19 bits per heavy atom. The summed E-state index contributed by atoms with van der Waals surface area (Å²) >= 11 is 7.01. The molecule has 0 saturated heterocycles. The molecule has 0 aliphatic heterocycles. The number of methoxy groups -OCH3 is 1. The second kappa shape index (κ2) is 7.32. The molecule has 0 amide bonds. The zero-order valence-electron chi connectivity index (χ0n) is 12.4. The van der Waals surface area contributed by atoms with Crippen LogP contribution < -0.4 is 9.47 Å². The molecule has 0 aromatic heterocycles. The molecule has 2 rings (SSSR count). The van der Waals surface area contributed by atoms with Crippen molar-refractivity contribution in [2.24, 2.45) is 0 Å². The van der Waals surface area contributed by atoms with Crippen LogP contribution in [0.15, 0.2) is 34.8 Å². The summed E-state index contributed by atoms with van der Waals surface area (Å²) in [6, 6.07) is 10.5. The minimum absolute atomic E-state index is 0.519. The van der Waals surface area contributed by atoms with E-state index in [4.69, 9.17) is 9.47 Å². The average molecular weight is 414 g/mol. The lowest BCUT2D eigenvalue weighted by molar-refractivity contribution is 0.282. The standard InChI is InChI=1S/C17H18Br2O2/c1-11-4-12(2)6-14(5-11)10-21-17-15(19)7-13(9-18)8-16(17)20-3/h4-8H,9-10H2,1-3H3. The summed E-state index contributed by atoms with van der Waals surface area (Å²) in [5.41, 5.74) is 4.78. The summed E-state index contributed by atoms with van der Waals surface area (Å²) < 4.78 is 12.3. The molecule has 4 heteroatoms. The van der Waals surface area contributed by atoms with Gasteiger partial charge in [0.05, 0.1) is 11.6 Å². The van der Waals surface area contributed by atoms with Crippen molar-refractivity contribution in [3.63, 3.8) is 0 Å². The molecule has 21 heavy (non-hydrogen) atoms. The van der Waals surface area contributed by atoms with E-state index in [0.717, 1.165) is 32.4 Å². The lowest BCUT2D eigenvalue weighted by Gasteiger charge is -2.14. The number of benzene rings is 2. The molecule has 0 radical (unpaired) electrons. The van der Waals surface area contributed by atoms with Crippen LogP contribution in [-0.2, 0) is 11.9 Å². The third-order valence-electron chi connectivity index (χ3n) is 3.11. The summed E-state index contributed by atoms with van der Waals surface area (Å²) in [5, 5.41) is 0.777. The van der Waals surface area contributed by atoms with E-state index in [1.165, 1.54) is 11.1 Å². The van der Waals surface area contributed by atoms with Crippen molar-refractivity contribution in [3.8, 4) is 11.5 Å². The maximum atomic E-state index is 5.97. The lowest BCUT2D eigenvalue weighted by Crippen LogP contribution is -2.00. The fraction of sp³-hybridized carbons (Fsp3) is 0.294. The van der Waals surface area contributed by atoms with Crippen LogP contribution in [-0.4, -0.2) is 7.11 Å². The number of alkyl halides is 1. The van der Waals surface area contributed by atoms with Gasteiger partial charge in [0, 0.05) is 5.33 Å². The Hall–Kier alpha value is -1.00. The summed E-state index contributed by atoms with van der Waals surface area (Å²) in [6.07, 6.45) is 0. The minimum atomic E-state index is 0.519. The van der Waals surface area contributed by atoms with Gasteiger partial charge in [0.2, 0.25) is 0 Å². The van der Waals surface area contributed by atoms with Crippen molar-refractivity contribution in [2.75, 3.05) is 7.11 Å². The van der Waals surface area contributed by atoms with Gasteiger partial charge in [-0.3, -0.25) is 0 Å². The van der Waals surface area contributed by atoms with E-state index in [2.05, 4.69) is 63.9 Å². The fourth-order valence-corrected chi connectivity index (χ4v) is 3.23. The normalized spacial score (nSPS) is 10.5. The number of hydrogen-bond acceptors (Lipinski definition) is 2. The Morgan fingerprint density at radius 1 is 0.952 bits per heavy atom. The molecule has 0 fully saturated rings. The van der Waals surface area contributed by atoms with E-state index in [1.807, 2.05) is 12.1 Å². The second-order valence-corrected chi connectivity index (χ2v) is 6.44. The van der Waals surface area contributed by atoms with E-state index in [1.54, 1.807) is 7.11 Å². The van der Waals surface area contributed by atoms with Crippen molar-refractivity contribution in [3.05, 3.63) is 57.1 Å². The van der Waals surface area contributed by atoms with E-state index >= 15 is 0 Å². The monoisotopic (exact) mass is 412 g/mol. The molecule has 2 aromatic rings. The van der Waals surface area contributed by atoms with Gasteiger partial charge in [0.1, 0.15) is 6.61 Å². The van der Waals surface area contributed by atoms with Gasteiger partial charge < -0.3 is 9.47 Å². The molecule has 0 unspecified atom stereocenters. The first kappa shape index (κ1) is 16.4. The molecule has 0 N–H and O–H groups in total. The predicted octanol–water partition coefficient (Wildman–Crippen LogP) is 5.55. The van der Waals surface area contributed by atoms with Crippen molar-refractivity contribution in [1.82, 2.24) is 0 Å². The third-order valence-corrected chi connectivity index (χ3v) is 4.34. The van der Waals surface area contributed by atoms with Crippen LogP contribution in [0.3, 0.4) is 0 Å². The Labute approximate surface area is 142 Å². The number of hydrogen-bond donors (Lipinski definition) is 0. The second-order valence-electron chi connectivity index (χ2n) is 5.03. The molecule has 2 nitrogen and oxygen atoms in total. The van der Waals surface area contributed by atoms with Crippen LogP contribution in [0.5, 0.6) is 11.5 Å². The van der Waals surface area contributed by atoms with Gasteiger partial charge in [-0.2, -0.15) is 0 Å². The Kier molecular flexibility index (Phi) is 5.71. The van der Waals surface area contributed by atoms with Crippen LogP contribution in [0.2, 0.25) is 0 Å². The molecule has 0 aliphatic rings. The van der Waals surface area contributed by atoms with E-state index in [9.17, 15) is 0 Å². The molecule has 0 bridgehead atoms. The highest BCUT2D eigenvalue weighted by atomic mass is 79.9. The van der Waals surface area contributed by atoms with Crippen molar-refractivity contribution in [2.45, 2.75) is 25.8 Å². The molecule has 0 heterocycles. The molecule has 0 spiro atoms. The minimum Gasteiger partial charge on any atom is -0.493 e. The lowest BCUT2D eigenvalue weighted by atomic mass is 10.1. The fourth-order valence-electron chi connectivity index (χ4n) is 2.30. The highest BCUT2D eigenvalue weighted by molar-refractivity contribution is 9.10. The van der Waals surface area contributed by atoms with E-state index < -0.39 is 0 Å². The highest BCUT2D eigenvalue weighted by Crippen LogP contribution is 2.37. The average Bonchev–Trinajstić information content (AvgIpc) is 2.44. The van der Waals surface area contributed by atoms with Gasteiger partial charge >= 0.3 is 0 Å². The van der Waals surface area contributed by atoms with Crippen LogP contribution in [0.4, 0.5) is 0 Å². The van der Waals surface area contributed by atoms with Gasteiger partial charge in [0.25, 0.3) is 0 Å². The van der Waals surface area contributed by atoms with Crippen LogP contribution in [0.25, 0.3) is 0 Å². The van der Waals surface area contributed by atoms with Gasteiger partial charge in [-0.25, -0.2) is 0 Å². The first-order valence-electron chi connectivity index (χ1n) is 6.66. The summed E-state index contributed by atoms with van der Waals surface area (Å²) in [7, 11) is 1.66. The largest absolute Gasteiger partial charge is 0.493 e. The number of halogens is 2. The maximum Gasteiger partial charge on any atom is 0.175 e. The van der Waals surface area contributed by atoms with Gasteiger partial charge in [-0.15, -0.1) is 0 Å². The molecule has 2 aromatic carbocycles. The third kappa shape index (κ3) is 4.24. The van der Waals surface area contributed by atoms with Crippen LogP contribution in [0.1, 0.15) is 22.3 Å². The van der Waals surface area contributed by atoms with E-state index in [-0.39, 0.29) is 0 Å². The Bertz CT molecular complexity index is 619. The SMILES string of the molecule is COc1cc(CBr)cc(Br)c1OCc1cc(C)cc(C)c1. The Morgan fingerprint density at radius 2 is 1.62 bits per heavy atom. The maximum absolute atomic E-state index is 5.97. The van der Waals surface area contributed by atoms with Crippen molar-refractivity contribution in [1.29, 1.82) is 0 Å². The predicted molar refractivity (Wildman–Crippen MR) is 93.6 cm³/mol. The number of aryl methyl sites for hydroxylation is 2. The summed E-state index contributed by atoms with van der Waals surface area (Å²) in [4.78, 5) is 0. The molecule has 0 aliphatic carbocycles. The van der Waals surface area contributed by atoms with Crippen LogP contribution >= 0.6 is 31.9 Å². The van der Waals surface area contributed by atoms with E-state index in [0.29, 0.717) is 6.61 Å². The number of ether oxygens (including phenoxy) is 2. The van der Waals surface area contributed by atoms with Crippen molar-refractivity contribution >= 4 is 31.9 Å². The molecular weight excluding hydrogens is 396 g/mol.